The average molecular weight is 306 g/mol. The third kappa shape index (κ3) is 3.79. The fourth-order valence-electron chi connectivity index (χ4n) is 2.48. The number of anilines is 1. The van der Waals surface area contributed by atoms with Crippen LogP contribution in [0.2, 0.25) is 0 Å². The van der Waals surface area contributed by atoms with Crippen molar-refractivity contribution in [1.29, 1.82) is 0 Å². The van der Waals surface area contributed by atoms with E-state index in [-0.39, 0.29) is 23.3 Å². The Morgan fingerprint density at radius 1 is 1.38 bits per heavy atom. The van der Waals surface area contributed by atoms with Crippen LogP contribution in [0.3, 0.4) is 0 Å². The van der Waals surface area contributed by atoms with Crippen LogP contribution in [0.25, 0.3) is 0 Å². The lowest BCUT2D eigenvalue weighted by atomic mass is 10.1. The molecule has 2 amide bonds. The minimum absolute atomic E-state index is 0.0560. The van der Waals surface area contributed by atoms with Crippen LogP contribution >= 0.6 is 11.8 Å². The Kier molecular flexibility index (Phi) is 4.61. The SMILES string of the molecule is CSc1cccc(NC(=O)C2CC(=O)N(C(C)(C)C)C2)c1. The third-order valence-electron chi connectivity index (χ3n) is 3.64. The van der Waals surface area contributed by atoms with E-state index in [1.54, 1.807) is 16.7 Å². The van der Waals surface area contributed by atoms with Crippen molar-refractivity contribution in [2.24, 2.45) is 5.92 Å². The van der Waals surface area contributed by atoms with Gasteiger partial charge in [0.15, 0.2) is 0 Å². The molecular formula is C16H22N2O2S. The highest BCUT2D eigenvalue weighted by molar-refractivity contribution is 7.98. The van der Waals surface area contributed by atoms with Crippen molar-refractivity contribution in [2.45, 2.75) is 37.6 Å². The molecule has 0 bridgehead atoms. The average Bonchev–Trinajstić information content (AvgIpc) is 2.81. The first-order valence-electron chi connectivity index (χ1n) is 7.06. The normalized spacial score (nSPS) is 19.0. The molecule has 1 aliphatic heterocycles. The Labute approximate surface area is 130 Å². The van der Waals surface area contributed by atoms with Crippen LogP contribution in [0.5, 0.6) is 0 Å². The second-order valence-corrected chi connectivity index (χ2v) is 7.18. The number of likely N-dealkylation sites (tertiary alicyclic amines) is 1. The summed E-state index contributed by atoms with van der Waals surface area (Å²) in [6, 6.07) is 7.74. The van der Waals surface area contributed by atoms with Gasteiger partial charge in [-0.2, -0.15) is 0 Å². The van der Waals surface area contributed by atoms with Gasteiger partial charge in [0.1, 0.15) is 0 Å². The van der Waals surface area contributed by atoms with Crippen LogP contribution in [-0.2, 0) is 9.59 Å². The number of nitrogens with one attached hydrogen (secondary N) is 1. The zero-order valence-electron chi connectivity index (χ0n) is 13.0. The second-order valence-electron chi connectivity index (χ2n) is 6.30. The number of amides is 2. The largest absolute Gasteiger partial charge is 0.337 e. The molecule has 1 N–H and O–H groups in total. The molecule has 114 valence electrons. The molecule has 0 aliphatic carbocycles. The molecule has 1 unspecified atom stereocenters. The first-order valence-corrected chi connectivity index (χ1v) is 8.29. The molecule has 1 atom stereocenters. The van der Waals surface area contributed by atoms with Crippen molar-refractivity contribution in [3.8, 4) is 0 Å². The standard InChI is InChI=1S/C16H22N2O2S/c1-16(2,3)18-10-11(8-14(18)19)15(20)17-12-6-5-7-13(9-12)21-4/h5-7,9,11H,8,10H2,1-4H3,(H,17,20). The summed E-state index contributed by atoms with van der Waals surface area (Å²) in [5.74, 6) is -0.288. The maximum absolute atomic E-state index is 12.3. The van der Waals surface area contributed by atoms with E-state index in [0.717, 1.165) is 10.6 Å². The van der Waals surface area contributed by atoms with E-state index >= 15 is 0 Å². The topological polar surface area (TPSA) is 49.4 Å². The summed E-state index contributed by atoms with van der Waals surface area (Å²) in [5.41, 5.74) is 0.554. The number of thioether (sulfide) groups is 1. The monoisotopic (exact) mass is 306 g/mol. The van der Waals surface area contributed by atoms with Crippen molar-refractivity contribution in [2.75, 3.05) is 18.1 Å². The number of carbonyl (C=O) groups excluding carboxylic acids is 2. The molecule has 1 aromatic carbocycles. The van der Waals surface area contributed by atoms with Crippen molar-refractivity contribution in [3.63, 3.8) is 0 Å². The summed E-state index contributed by atoms with van der Waals surface area (Å²) in [6.07, 6.45) is 2.29. The molecule has 1 aromatic rings. The van der Waals surface area contributed by atoms with Crippen LogP contribution in [0, 0.1) is 5.92 Å². The highest BCUT2D eigenvalue weighted by Gasteiger charge is 2.39. The molecule has 1 heterocycles. The van der Waals surface area contributed by atoms with Crippen molar-refractivity contribution < 1.29 is 9.59 Å². The molecule has 4 nitrogen and oxygen atoms in total. The minimum atomic E-state index is -0.269. The maximum Gasteiger partial charge on any atom is 0.229 e. The predicted octanol–water partition coefficient (Wildman–Crippen LogP) is 2.99. The zero-order chi connectivity index (χ0) is 15.6. The number of hydrogen-bond donors (Lipinski definition) is 1. The molecule has 1 fully saturated rings. The molecule has 2 rings (SSSR count). The summed E-state index contributed by atoms with van der Waals surface area (Å²) in [5, 5.41) is 2.92. The molecule has 0 spiro atoms. The van der Waals surface area contributed by atoms with E-state index in [9.17, 15) is 9.59 Å². The van der Waals surface area contributed by atoms with Crippen LogP contribution in [0.1, 0.15) is 27.2 Å². The molecule has 0 aromatic heterocycles. The van der Waals surface area contributed by atoms with Gasteiger partial charge >= 0.3 is 0 Å². The lowest BCUT2D eigenvalue weighted by Crippen LogP contribution is -2.42. The Morgan fingerprint density at radius 3 is 2.67 bits per heavy atom. The quantitative estimate of drug-likeness (QED) is 0.873. The molecule has 5 heteroatoms. The van der Waals surface area contributed by atoms with E-state index in [4.69, 9.17) is 0 Å². The Hall–Kier alpha value is -1.49. The first kappa shape index (κ1) is 15.9. The van der Waals surface area contributed by atoms with Gasteiger partial charge in [-0.05, 0) is 45.2 Å². The fourth-order valence-corrected chi connectivity index (χ4v) is 2.94. The van der Waals surface area contributed by atoms with Crippen LogP contribution < -0.4 is 5.32 Å². The summed E-state index contributed by atoms with van der Waals surface area (Å²) in [4.78, 5) is 27.3. The van der Waals surface area contributed by atoms with Crippen LogP contribution in [-0.4, -0.2) is 35.1 Å². The van der Waals surface area contributed by atoms with Gasteiger partial charge in [0.2, 0.25) is 11.8 Å². The number of rotatable bonds is 3. The van der Waals surface area contributed by atoms with Gasteiger partial charge in [0, 0.05) is 29.1 Å². The van der Waals surface area contributed by atoms with Crippen molar-refractivity contribution >= 4 is 29.3 Å². The van der Waals surface area contributed by atoms with Gasteiger partial charge in [-0.25, -0.2) is 0 Å². The van der Waals surface area contributed by atoms with E-state index in [1.165, 1.54) is 0 Å². The number of nitrogens with zero attached hydrogens (tertiary/aromatic N) is 1. The van der Waals surface area contributed by atoms with Crippen molar-refractivity contribution in [3.05, 3.63) is 24.3 Å². The van der Waals surface area contributed by atoms with Crippen LogP contribution in [0.4, 0.5) is 5.69 Å². The number of benzene rings is 1. The molecular weight excluding hydrogens is 284 g/mol. The molecule has 0 saturated carbocycles. The predicted molar refractivity (Wildman–Crippen MR) is 86.4 cm³/mol. The fraction of sp³-hybridized carbons (Fsp3) is 0.500. The maximum atomic E-state index is 12.3. The van der Waals surface area contributed by atoms with Crippen molar-refractivity contribution in [1.82, 2.24) is 4.90 Å². The molecule has 1 aliphatic rings. The summed E-state index contributed by atoms with van der Waals surface area (Å²) < 4.78 is 0. The third-order valence-corrected chi connectivity index (χ3v) is 4.37. The molecule has 1 saturated heterocycles. The van der Waals surface area contributed by atoms with E-state index in [2.05, 4.69) is 5.32 Å². The van der Waals surface area contributed by atoms with E-state index in [1.807, 2.05) is 51.3 Å². The summed E-state index contributed by atoms with van der Waals surface area (Å²) in [6.45, 7) is 6.48. The van der Waals surface area contributed by atoms with Gasteiger partial charge < -0.3 is 10.2 Å². The Balaban J connectivity index is 2.03. The van der Waals surface area contributed by atoms with Gasteiger partial charge in [-0.3, -0.25) is 9.59 Å². The number of carbonyl (C=O) groups is 2. The Bertz CT molecular complexity index is 551. The van der Waals surface area contributed by atoms with Gasteiger partial charge in [-0.15, -0.1) is 11.8 Å². The Morgan fingerprint density at radius 2 is 2.10 bits per heavy atom. The first-order chi connectivity index (χ1) is 9.81. The zero-order valence-corrected chi connectivity index (χ0v) is 13.8. The molecule has 21 heavy (non-hydrogen) atoms. The smallest absolute Gasteiger partial charge is 0.229 e. The minimum Gasteiger partial charge on any atom is -0.337 e. The van der Waals surface area contributed by atoms with E-state index in [0.29, 0.717) is 13.0 Å². The number of hydrogen-bond acceptors (Lipinski definition) is 3. The van der Waals surface area contributed by atoms with Gasteiger partial charge in [0.05, 0.1) is 5.92 Å². The van der Waals surface area contributed by atoms with Gasteiger partial charge in [0.25, 0.3) is 0 Å². The highest BCUT2D eigenvalue weighted by Crippen LogP contribution is 2.27. The second kappa shape index (κ2) is 6.10. The summed E-state index contributed by atoms with van der Waals surface area (Å²) in [7, 11) is 0. The molecule has 0 radical (unpaired) electrons. The highest BCUT2D eigenvalue weighted by atomic mass is 32.2. The lowest BCUT2D eigenvalue weighted by Gasteiger charge is -2.31. The summed E-state index contributed by atoms with van der Waals surface area (Å²) >= 11 is 1.63. The van der Waals surface area contributed by atoms with Gasteiger partial charge in [-0.1, -0.05) is 6.07 Å². The lowest BCUT2D eigenvalue weighted by molar-refractivity contribution is -0.131. The van der Waals surface area contributed by atoms with E-state index < -0.39 is 0 Å². The van der Waals surface area contributed by atoms with Crippen LogP contribution in [0.15, 0.2) is 29.2 Å².